The van der Waals surface area contributed by atoms with Crippen LogP contribution in [0.5, 0.6) is 0 Å². The average molecular weight is 200 g/mol. The molecule has 14 heavy (non-hydrogen) atoms. The van der Waals surface area contributed by atoms with Gasteiger partial charge in [-0.3, -0.25) is 0 Å². The molecule has 1 atom stereocenters. The number of hydrogen-bond acceptors (Lipinski definition) is 2. The van der Waals surface area contributed by atoms with Gasteiger partial charge in [-0.2, -0.15) is 0 Å². The number of rotatable bonds is 6. The predicted octanol–water partition coefficient (Wildman–Crippen LogP) is 2.26. The van der Waals surface area contributed by atoms with Gasteiger partial charge in [-0.05, 0) is 39.2 Å². The second kappa shape index (κ2) is 6.41. The van der Waals surface area contributed by atoms with Crippen LogP contribution in [0.15, 0.2) is 0 Å². The van der Waals surface area contributed by atoms with E-state index in [0.29, 0.717) is 0 Å². The van der Waals surface area contributed by atoms with Crippen LogP contribution in [-0.4, -0.2) is 25.2 Å². The van der Waals surface area contributed by atoms with Gasteiger partial charge in [-0.1, -0.05) is 20.8 Å². The molecule has 0 aromatic carbocycles. The van der Waals surface area contributed by atoms with Crippen molar-refractivity contribution >= 4 is 0 Å². The monoisotopic (exact) mass is 200 g/mol. The normalized spacial score (nSPS) is 14.8. The molecule has 0 spiro atoms. The van der Waals surface area contributed by atoms with Crippen molar-refractivity contribution < 1.29 is 0 Å². The third-order valence-electron chi connectivity index (χ3n) is 2.56. The number of nitrogens with one attached hydrogen (secondary N) is 2. The maximum Gasteiger partial charge on any atom is 0.00970 e. The van der Waals surface area contributed by atoms with Crippen molar-refractivity contribution in [3.63, 3.8) is 0 Å². The molecule has 0 aliphatic heterocycles. The van der Waals surface area contributed by atoms with E-state index >= 15 is 0 Å². The molecule has 0 heterocycles. The Hall–Kier alpha value is -0.0800. The fraction of sp³-hybridized carbons (Fsp3) is 1.00. The fourth-order valence-corrected chi connectivity index (χ4v) is 1.09. The molecule has 0 amide bonds. The Morgan fingerprint density at radius 3 is 2.00 bits per heavy atom. The molecule has 0 aromatic heterocycles. The van der Waals surface area contributed by atoms with Gasteiger partial charge < -0.3 is 10.6 Å². The minimum Gasteiger partial charge on any atom is -0.315 e. The first-order valence-corrected chi connectivity index (χ1v) is 5.78. The lowest BCUT2D eigenvalue weighted by Gasteiger charge is -2.21. The molecular weight excluding hydrogens is 172 g/mol. The lowest BCUT2D eigenvalue weighted by Crippen LogP contribution is -2.41. The first-order chi connectivity index (χ1) is 6.33. The van der Waals surface area contributed by atoms with Gasteiger partial charge in [-0.15, -0.1) is 0 Å². The molecule has 1 unspecified atom stereocenters. The third-order valence-corrected chi connectivity index (χ3v) is 2.56. The largest absolute Gasteiger partial charge is 0.315 e. The topological polar surface area (TPSA) is 24.1 Å². The summed E-state index contributed by atoms with van der Waals surface area (Å²) in [6.45, 7) is 16.7. The van der Waals surface area contributed by atoms with E-state index in [1.165, 1.54) is 0 Å². The van der Waals surface area contributed by atoms with E-state index in [4.69, 9.17) is 0 Å². The SMILES string of the molecule is CC(C)C(C)CNCCNC(C)(C)C. The summed E-state index contributed by atoms with van der Waals surface area (Å²) in [7, 11) is 0. The van der Waals surface area contributed by atoms with Crippen molar-refractivity contribution in [3.8, 4) is 0 Å². The summed E-state index contributed by atoms with van der Waals surface area (Å²) in [4.78, 5) is 0. The van der Waals surface area contributed by atoms with Crippen molar-refractivity contribution in [1.29, 1.82) is 0 Å². The van der Waals surface area contributed by atoms with Crippen LogP contribution in [0.4, 0.5) is 0 Å². The van der Waals surface area contributed by atoms with Gasteiger partial charge >= 0.3 is 0 Å². The molecule has 2 heteroatoms. The summed E-state index contributed by atoms with van der Waals surface area (Å²) in [5.41, 5.74) is 0.241. The van der Waals surface area contributed by atoms with Crippen LogP contribution < -0.4 is 10.6 Å². The first-order valence-electron chi connectivity index (χ1n) is 5.78. The highest BCUT2D eigenvalue weighted by molar-refractivity contribution is 4.70. The first kappa shape index (κ1) is 13.9. The molecule has 86 valence electrons. The molecule has 0 radical (unpaired) electrons. The van der Waals surface area contributed by atoms with Crippen LogP contribution in [-0.2, 0) is 0 Å². The van der Waals surface area contributed by atoms with Crippen LogP contribution in [0, 0.1) is 11.8 Å². The van der Waals surface area contributed by atoms with E-state index in [1.54, 1.807) is 0 Å². The molecule has 0 saturated heterocycles. The molecule has 0 saturated carbocycles. The summed E-state index contributed by atoms with van der Waals surface area (Å²) < 4.78 is 0. The van der Waals surface area contributed by atoms with E-state index < -0.39 is 0 Å². The molecule has 0 bridgehead atoms. The zero-order valence-electron chi connectivity index (χ0n) is 10.8. The highest BCUT2D eigenvalue weighted by Gasteiger charge is 2.08. The lowest BCUT2D eigenvalue weighted by atomic mass is 9.98. The van der Waals surface area contributed by atoms with Crippen LogP contribution in [0.2, 0.25) is 0 Å². The maximum atomic E-state index is 3.48. The Morgan fingerprint density at radius 1 is 1.00 bits per heavy atom. The highest BCUT2D eigenvalue weighted by Crippen LogP contribution is 2.07. The number of hydrogen-bond donors (Lipinski definition) is 2. The van der Waals surface area contributed by atoms with E-state index in [1.807, 2.05) is 0 Å². The second-order valence-electron chi connectivity index (χ2n) is 5.60. The van der Waals surface area contributed by atoms with Crippen LogP contribution in [0.3, 0.4) is 0 Å². The van der Waals surface area contributed by atoms with Crippen LogP contribution in [0.25, 0.3) is 0 Å². The van der Waals surface area contributed by atoms with Gasteiger partial charge in [0.1, 0.15) is 0 Å². The maximum absolute atomic E-state index is 3.48. The quantitative estimate of drug-likeness (QED) is 0.643. The standard InChI is InChI=1S/C12H28N2/c1-10(2)11(3)9-13-7-8-14-12(4,5)6/h10-11,13-14H,7-9H2,1-6H3. The lowest BCUT2D eigenvalue weighted by molar-refractivity contribution is 0.378. The molecule has 0 rings (SSSR count). The molecule has 0 aromatic rings. The zero-order chi connectivity index (χ0) is 11.2. The van der Waals surface area contributed by atoms with Crippen LogP contribution >= 0.6 is 0 Å². The Labute approximate surface area is 89.9 Å². The van der Waals surface area contributed by atoms with Crippen molar-refractivity contribution in [2.45, 2.75) is 47.1 Å². The minimum absolute atomic E-state index is 0.241. The summed E-state index contributed by atoms with van der Waals surface area (Å²) in [5.74, 6) is 1.54. The van der Waals surface area contributed by atoms with Crippen LogP contribution in [0.1, 0.15) is 41.5 Å². The molecule has 2 N–H and O–H groups in total. The molecule has 2 nitrogen and oxygen atoms in total. The predicted molar refractivity (Wildman–Crippen MR) is 64.6 cm³/mol. The van der Waals surface area contributed by atoms with Crippen molar-refractivity contribution in [3.05, 3.63) is 0 Å². The Balaban J connectivity index is 3.30. The van der Waals surface area contributed by atoms with Gasteiger partial charge in [0.25, 0.3) is 0 Å². The van der Waals surface area contributed by atoms with Crippen molar-refractivity contribution in [1.82, 2.24) is 10.6 Å². The molecule has 0 aliphatic carbocycles. The second-order valence-corrected chi connectivity index (χ2v) is 5.60. The highest BCUT2D eigenvalue weighted by atomic mass is 15.0. The van der Waals surface area contributed by atoms with E-state index in [9.17, 15) is 0 Å². The average Bonchev–Trinajstić information content (AvgIpc) is 2.01. The molecular formula is C12H28N2. The summed E-state index contributed by atoms with van der Waals surface area (Å²) >= 11 is 0. The Kier molecular flexibility index (Phi) is 6.38. The zero-order valence-corrected chi connectivity index (χ0v) is 10.8. The molecule has 0 fully saturated rings. The Morgan fingerprint density at radius 2 is 1.57 bits per heavy atom. The van der Waals surface area contributed by atoms with Crippen molar-refractivity contribution in [2.24, 2.45) is 11.8 Å². The van der Waals surface area contributed by atoms with Gasteiger partial charge in [0.05, 0.1) is 0 Å². The summed E-state index contributed by atoms with van der Waals surface area (Å²) in [6.07, 6.45) is 0. The van der Waals surface area contributed by atoms with E-state index in [2.05, 4.69) is 52.2 Å². The van der Waals surface area contributed by atoms with Crippen molar-refractivity contribution in [2.75, 3.05) is 19.6 Å². The summed E-state index contributed by atoms with van der Waals surface area (Å²) in [6, 6.07) is 0. The van der Waals surface area contributed by atoms with E-state index in [-0.39, 0.29) is 5.54 Å². The fourth-order valence-electron chi connectivity index (χ4n) is 1.09. The Bertz CT molecular complexity index is 136. The molecule has 0 aliphatic rings. The van der Waals surface area contributed by atoms with Gasteiger partial charge in [-0.25, -0.2) is 0 Å². The van der Waals surface area contributed by atoms with Gasteiger partial charge in [0, 0.05) is 18.6 Å². The van der Waals surface area contributed by atoms with Gasteiger partial charge in [0.15, 0.2) is 0 Å². The smallest absolute Gasteiger partial charge is 0.00970 e. The van der Waals surface area contributed by atoms with E-state index in [0.717, 1.165) is 31.5 Å². The third kappa shape index (κ3) is 8.52. The summed E-state index contributed by atoms with van der Waals surface area (Å²) in [5, 5.41) is 6.94. The minimum atomic E-state index is 0.241. The van der Waals surface area contributed by atoms with Gasteiger partial charge in [0.2, 0.25) is 0 Å².